The summed E-state index contributed by atoms with van der Waals surface area (Å²) in [5.41, 5.74) is 1.93. The minimum absolute atomic E-state index is 0.241. The number of amides is 1. The van der Waals surface area contributed by atoms with Crippen LogP contribution in [0.25, 0.3) is 17.4 Å². The second kappa shape index (κ2) is 9.06. The van der Waals surface area contributed by atoms with Crippen molar-refractivity contribution in [2.45, 2.75) is 0 Å². The van der Waals surface area contributed by atoms with Crippen molar-refractivity contribution in [1.82, 2.24) is 4.90 Å². The molecule has 0 N–H and O–H groups in total. The van der Waals surface area contributed by atoms with Crippen molar-refractivity contribution in [2.24, 2.45) is 4.99 Å². The van der Waals surface area contributed by atoms with E-state index < -0.39 is 0 Å². The van der Waals surface area contributed by atoms with Gasteiger partial charge in [-0.1, -0.05) is 41.4 Å². The zero-order valence-corrected chi connectivity index (χ0v) is 19.3. The molecule has 0 aliphatic carbocycles. The van der Waals surface area contributed by atoms with Gasteiger partial charge in [-0.05, 0) is 54.2 Å². The Bertz CT molecular complexity index is 1210. The molecule has 0 spiro atoms. The summed E-state index contributed by atoms with van der Waals surface area (Å²) in [5, 5.41) is 1.88. The van der Waals surface area contributed by atoms with Crippen molar-refractivity contribution < 1.29 is 9.21 Å². The van der Waals surface area contributed by atoms with Gasteiger partial charge in [-0.2, -0.15) is 4.99 Å². The average molecular weight is 484 g/mol. The maximum Gasteiger partial charge on any atom is 0.286 e. The van der Waals surface area contributed by atoms with Crippen LogP contribution in [0.2, 0.25) is 10.0 Å². The minimum Gasteiger partial charge on any atom is -0.457 e. The van der Waals surface area contributed by atoms with E-state index in [9.17, 15) is 4.79 Å². The molecule has 3 heterocycles. The van der Waals surface area contributed by atoms with Crippen molar-refractivity contribution in [3.05, 3.63) is 81.4 Å². The third-order valence-electron chi connectivity index (χ3n) is 5.37. The molecule has 1 aromatic heterocycles. The topological polar surface area (TPSA) is 49.1 Å². The summed E-state index contributed by atoms with van der Waals surface area (Å²) >= 11 is 13.7. The number of rotatable bonds is 3. The van der Waals surface area contributed by atoms with E-state index >= 15 is 0 Å². The summed E-state index contributed by atoms with van der Waals surface area (Å²) in [6, 6.07) is 19.2. The Morgan fingerprint density at radius 1 is 0.938 bits per heavy atom. The molecule has 1 amide bonds. The Labute approximate surface area is 200 Å². The molecular formula is C24H19Cl2N3O2S. The number of halogens is 2. The fourth-order valence-electron chi connectivity index (χ4n) is 3.72. The van der Waals surface area contributed by atoms with Gasteiger partial charge in [0.1, 0.15) is 11.5 Å². The monoisotopic (exact) mass is 483 g/mol. The molecule has 32 heavy (non-hydrogen) atoms. The predicted octanol–water partition coefficient (Wildman–Crippen LogP) is 6.05. The molecule has 0 saturated carbocycles. The SMILES string of the molecule is O=C1N=C(N2CCN(c3ccccc3)CC2)S/C1=C/c1ccc(-c2cc(Cl)ccc2Cl)o1. The second-order valence-corrected chi connectivity index (χ2v) is 9.30. The highest BCUT2D eigenvalue weighted by molar-refractivity contribution is 8.18. The largest absolute Gasteiger partial charge is 0.457 e. The van der Waals surface area contributed by atoms with E-state index in [1.807, 2.05) is 18.2 Å². The van der Waals surface area contributed by atoms with E-state index in [1.54, 1.807) is 24.3 Å². The minimum atomic E-state index is -0.241. The molecule has 0 radical (unpaired) electrons. The lowest BCUT2D eigenvalue weighted by Crippen LogP contribution is -2.47. The van der Waals surface area contributed by atoms with E-state index in [4.69, 9.17) is 27.6 Å². The second-order valence-electron chi connectivity index (χ2n) is 7.45. The Morgan fingerprint density at radius 3 is 2.47 bits per heavy atom. The summed E-state index contributed by atoms with van der Waals surface area (Å²) in [7, 11) is 0. The van der Waals surface area contributed by atoms with Crippen LogP contribution in [0.1, 0.15) is 5.76 Å². The number of anilines is 1. The zero-order valence-electron chi connectivity index (χ0n) is 17.0. The third-order valence-corrected chi connectivity index (χ3v) is 6.98. The first-order chi connectivity index (χ1) is 15.6. The zero-order chi connectivity index (χ0) is 22.1. The highest BCUT2D eigenvalue weighted by Crippen LogP contribution is 2.35. The maximum absolute atomic E-state index is 12.5. The van der Waals surface area contributed by atoms with Gasteiger partial charge in [0.2, 0.25) is 0 Å². The van der Waals surface area contributed by atoms with Gasteiger partial charge in [0.05, 0.1) is 9.93 Å². The van der Waals surface area contributed by atoms with Crippen molar-refractivity contribution >= 4 is 57.8 Å². The van der Waals surface area contributed by atoms with Crippen LogP contribution >= 0.6 is 35.0 Å². The Kier molecular flexibility index (Phi) is 6.00. The summed E-state index contributed by atoms with van der Waals surface area (Å²) in [4.78, 5) is 21.8. The molecule has 0 bridgehead atoms. The van der Waals surface area contributed by atoms with E-state index in [-0.39, 0.29) is 5.91 Å². The standard InChI is InChI=1S/C24H19Cl2N3O2S/c25-16-6-8-20(26)19(14-16)21-9-7-18(31-21)15-22-23(30)27-24(32-22)29-12-10-28(11-13-29)17-4-2-1-3-5-17/h1-9,14-15H,10-13H2/b22-15+. The van der Waals surface area contributed by atoms with Gasteiger partial charge in [0.15, 0.2) is 5.17 Å². The van der Waals surface area contributed by atoms with Crippen molar-refractivity contribution in [3.63, 3.8) is 0 Å². The van der Waals surface area contributed by atoms with Gasteiger partial charge in [-0.15, -0.1) is 0 Å². The third kappa shape index (κ3) is 4.44. The lowest BCUT2D eigenvalue weighted by Gasteiger charge is -2.36. The number of piperazine rings is 1. The van der Waals surface area contributed by atoms with Gasteiger partial charge in [-0.3, -0.25) is 4.79 Å². The van der Waals surface area contributed by atoms with Crippen LogP contribution in [-0.4, -0.2) is 42.2 Å². The molecule has 0 unspecified atom stereocenters. The molecule has 162 valence electrons. The van der Waals surface area contributed by atoms with Crippen molar-refractivity contribution in [2.75, 3.05) is 31.1 Å². The summed E-state index contributed by atoms with van der Waals surface area (Å²) < 4.78 is 5.90. The number of nitrogens with zero attached hydrogens (tertiary/aromatic N) is 3. The Balaban J connectivity index is 1.26. The fourth-order valence-corrected chi connectivity index (χ4v) is 5.05. The smallest absolute Gasteiger partial charge is 0.286 e. The molecule has 5 nitrogen and oxygen atoms in total. The molecule has 8 heteroatoms. The van der Waals surface area contributed by atoms with E-state index in [2.05, 4.69) is 39.1 Å². The van der Waals surface area contributed by atoms with Crippen LogP contribution < -0.4 is 4.90 Å². The molecule has 2 aliphatic rings. The molecule has 2 aromatic carbocycles. The number of para-hydroxylation sites is 1. The number of amidine groups is 1. The van der Waals surface area contributed by atoms with Crippen LogP contribution in [0.5, 0.6) is 0 Å². The average Bonchev–Trinajstić information content (AvgIpc) is 3.43. The first-order valence-corrected chi connectivity index (χ1v) is 11.8. The number of carbonyl (C=O) groups excluding carboxylic acids is 1. The molecule has 1 fully saturated rings. The molecule has 5 rings (SSSR count). The summed E-state index contributed by atoms with van der Waals surface area (Å²) in [6.45, 7) is 3.41. The van der Waals surface area contributed by atoms with Crippen molar-refractivity contribution in [1.29, 1.82) is 0 Å². The number of hydrogen-bond acceptors (Lipinski definition) is 5. The number of carbonyl (C=O) groups is 1. The van der Waals surface area contributed by atoms with Gasteiger partial charge in [0.25, 0.3) is 5.91 Å². The van der Waals surface area contributed by atoms with Crippen LogP contribution in [0.15, 0.2) is 75.0 Å². The molecule has 3 aromatic rings. The fraction of sp³-hybridized carbons (Fsp3) is 0.167. The normalized spacial score (nSPS) is 17.9. The predicted molar refractivity (Wildman–Crippen MR) is 132 cm³/mol. The molecule has 1 saturated heterocycles. The number of benzene rings is 2. The number of aliphatic imine (C=N–C) groups is 1. The number of hydrogen-bond donors (Lipinski definition) is 0. The first kappa shape index (κ1) is 21.2. The highest BCUT2D eigenvalue weighted by atomic mass is 35.5. The van der Waals surface area contributed by atoms with Gasteiger partial charge in [-0.25, -0.2) is 0 Å². The van der Waals surface area contributed by atoms with Crippen LogP contribution in [0.4, 0.5) is 5.69 Å². The maximum atomic E-state index is 12.5. The molecule has 2 aliphatic heterocycles. The summed E-state index contributed by atoms with van der Waals surface area (Å²) in [6.07, 6.45) is 1.73. The van der Waals surface area contributed by atoms with E-state index in [0.717, 1.165) is 31.3 Å². The quantitative estimate of drug-likeness (QED) is 0.424. The lowest BCUT2D eigenvalue weighted by atomic mass is 10.2. The van der Waals surface area contributed by atoms with E-state index in [0.29, 0.717) is 32.0 Å². The van der Waals surface area contributed by atoms with Gasteiger partial charge in [0, 0.05) is 48.5 Å². The number of thioether (sulfide) groups is 1. The Morgan fingerprint density at radius 2 is 1.69 bits per heavy atom. The van der Waals surface area contributed by atoms with Gasteiger partial charge < -0.3 is 14.2 Å². The highest BCUT2D eigenvalue weighted by Gasteiger charge is 2.29. The lowest BCUT2D eigenvalue weighted by molar-refractivity contribution is -0.113. The van der Waals surface area contributed by atoms with Crippen LogP contribution in [-0.2, 0) is 4.79 Å². The van der Waals surface area contributed by atoms with Crippen LogP contribution in [0, 0.1) is 0 Å². The first-order valence-electron chi connectivity index (χ1n) is 10.2. The van der Waals surface area contributed by atoms with Gasteiger partial charge >= 0.3 is 0 Å². The number of furan rings is 1. The molecule has 0 atom stereocenters. The summed E-state index contributed by atoms with van der Waals surface area (Å²) in [5.74, 6) is 0.921. The molecular weight excluding hydrogens is 465 g/mol. The van der Waals surface area contributed by atoms with Crippen LogP contribution in [0.3, 0.4) is 0 Å². The van der Waals surface area contributed by atoms with E-state index in [1.165, 1.54) is 17.4 Å². The Hall–Kier alpha value is -2.67. The van der Waals surface area contributed by atoms with Crippen molar-refractivity contribution in [3.8, 4) is 11.3 Å².